The molecule has 1 unspecified atom stereocenters. The number of hydrogen-bond donors (Lipinski definition) is 2. The van der Waals surface area contributed by atoms with Crippen LogP contribution < -0.4 is 5.32 Å². The van der Waals surface area contributed by atoms with Gasteiger partial charge in [0.2, 0.25) is 0 Å². The number of aliphatic hydroxyl groups excluding tert-OH is 1. The van der Waals surface area contributed by atoms with E-state index in [4.69, 9.17) is 0 Å². The van der Waals surface area contributed by atoms with E-state index >= 15 is 0 Å². The van der Waals surface area contributed by atoms with Crippen molar-refractivity contribution < 1.29 is 9.50 Å². The molecule has 0 amide bonds. The number of halogens is 1. The topological polar surface area (TPSA) is 32.3 Å². The third kappa shape index (κ3) is 3.51. The highest BCUT2D eigenvalue weighted by molar-refractivity contribution is 5.44. The molecule has 0 aliphatic heterocycles. The lowest BCUT2D eigenvalue weighted by Gasteiger charge is -2.30. The van der Waals surface area contributed by atoms with Gasteiger partial charge in [0.05, 0.1) is 12.6 Å². The van der Waals surface area contributed by atoms with Crippen LogP contribution >= 0.6 is 0 Å². The summed E-state index contributed by atoms with van der Waals surface area (Å²) in [5, 5.41) is 12.4. The summed E-state index contributed by atoms with van der Waals surface area (Å²) in [6.45, 7) is 6.11. The van der Waals surface area contributed by atoms with Crippen LogP contribution in [0, 0.1) is 11.2 Å². The van der Waals surface area contributed by atoms with Crippen molar-refractivity contribution >= 4 is 5.69 Å². The van der Waals surface area contributed by atoms with Gasteiger partial charge in [-0.25, -0.2) is 4.39 Å². The number of aliphatic hydroxyl groups is 1. The van der Waals surface area contributed by atoms with Crippen LogP contribution in [0.4, 0.5) is 10.1 Å². The zero-order valence-electron chi connectivity index (χ0n) is 9.42. The van der Waals surface area contributed by atoms with Gasteiger partial charge in [0.25, 0.3) is 0 Å². The summed E-state index contributed by atoms with van der Waals surface area (Å²) >= 11 is 0. The molecule has 3 heteroatoms. The molecule has 0 aliphatic carbocycles. The van der Waals surface area contributed by atoms with E-state index in [1.54, 1.807) is 12.1 Å². The first-order valence-electron chi connectivity index (χ1n) is 5.06. The fraction of sp³-hybridized carbons (Fsp3) is 0.500. The third-order valence-electron chi connectivity index (χ3n) is 2.39. The molecule has 1 aromatic rings. The number of hydrogen-bond acceptors (Lipinski definition) is 2. The van der Waals surface area contributed by atoms with Crippen molar-refractivity contribution in [3.05, 3.63) is 30.1 Å². The van der Waals surface area contributed by atoms with Crippen molar-refractivity contribution in [1.29, 1.82) is 0 Å². The SMILES string of the molecule is CC(C)(C)C(CO)Nc1cccc(F)c1. The standard InChI is InChI=1S/C12H18FNO/c1-12(2,3)11(8-15)14-10-6-4-5-9(13)7-10/h4-7,11,14-15H,8H2,1-3H3. The van der Waals surface area contributed by atoms with Crippen molar-refractivity contribution in [2.24, 2.45) is 5.41 Å². The summed E-state index contributed by atoms with van der Waals surface area (Å²) in [4.78, 5) is 0. The molecule has 0 aromatic heterocycles. The second-order valence-electron chi connectivity index (χ2n) is 4.76. The summed E-state index contributed by atoms with van der Waals surface area (Å²) < 4.78 is 12.9. The third-order valence-corrected chi connectivity index (χ3v) is 2.39. The summed E-state index contributed by atoms with van der Waals surface area (Å²) in [5.41, 5.74) is 0.630. The van der Waals surface area contributed by atoms with Gasteiger partial charge in [0, 0.05) is 5.69 Å². The molecular weight excluding hydrogens is 193 g/mol. The van der Waals surface area contributed by atoms with E-state index in [0.29, 0.717) is 5.69 Å². The lowest BCUT2D eigenvalue weighted by molar-refractivity contribution is 0.202. The van der Waals surface area contributed by atoms with Gasteiger partial charge in [-0.3, -0.25) is 0 Å². The Morgan fingerprint density at radius 2 is 2.07 bits per heavy atom. The predicted octanol–water partition coefficient (Wildman–Crippen LogP) is 2.64. The van der Waals surface area contributed by atoms with Crippen LogP contribution in [0.1, 0.15) is 20.8 Å². The van der Waals surface area contributed by atoms with E-state index in [9.17, 15) is 9.50 Å². The summed E-state index contributed by atoms with van der Waals surface area (Å²) in [6, 6.07) is 6.18. The average Bonchev–Trinajstić information content (AvgIpc) is 2.12. The van der Waals surface area contributed by atoms with E-state index in [1.165, 1.54) is 12.1 Å². The number of rotatable bonds is 3. The number of nitrogens with one attached hydrogen (secondary N) is 1. The van der Waals surface area contributed by atoms with Crippen LogP contribution in [-0.4, -0.2) is 17.8 Å². The molecule has 15 heavy (non-hydrogen) atoms. The molecule has 0 spiro atoms. The van der Waals surface area contributed by atoms with Crippen molar-refractivity contribution in [2.75, 3.05) is 11.9 Å². The normalized spacial score (nSPS) is 13.7. The fourth-order valence-corrected chi connectivity index (χ4v) is 1.32. The van der Waals surface area contributed by atoms with Gasteiger partial charge in [-0.05, 0) is 23.6 Å². The lowest BCUT2D eigenvalue weighted by Crippen LogP contribution is -2.37. The van der Waals surface area contributed by atoms with Crippen LogP contribution in [0.5, 0.6) is 0 Å². The van der Waals surface area contributed by atoms with Crippen molar-refractivity contribution in [3.8, 4) is 0 Å². The second kappa shape index (κ2) is 4.62. The average molecular weight is 211 g/mol. The molecular formula is C12H18FNO. The van der Waals surface area contributed by atoms with Crippen molar-refractivity contribution in [3.63, 3.8) is 0 Å². The Labute approximate surface area is 90.1 Å². The molecule has 0 bridgehead atoms. The largest absolute Gasteiger partial charge is 0.394 e. The van der Waals surface area contributed by atoms with Crippen LogP contribution in [-0.2, 0) is 0 Å². The van der Waals surface area contributed by atoms with E-state index in [-0.39, 0.29) is 23.9 Å². The molecule has 2 N–H and O–H groups in total. The first-order valence-corrected chi connectivity index (χ1v) is 5.06. The van der Waals surface area contributed by atoms with E-state index < -0.39 is 0 Å². The molecule has 1 atom stereocenters. The lowest BCUT2D eigenvalue weighted by atomic mass is 9.87. The Morgan fingerprint density at radius 3 is 2.53 bits per heavy atom. The zero-order valence-corrected chi connectivity index (χ0v) is 9.42. The first kappa shape index (κ1) is 12.0. The van der Waals surface area contributed by atoms with Crippen molar-refractivity contribution in [2.45, 2.75) is 26.8 Å². The molecule has 0 saturated carbocycles. The quantitative estimate of drug-likeness (QED) is 0.805. The maximum absolute atomic E-state index is 12.9. The van der Waals surface area contributed by atoms with Gasteiger partial charge in [-0.2, -0.15) is 0 Å². The Balaban J connectivity index is 2.76. The Hall–Kier alpha value is -1.09. The highest BCUT2D eigenvalue weighted by Crippen LogP contribution is 2.23. The van der Waals surface area contributed by atoms with Gasteiger partial charge >= 0.3 is 0 Å². The maximum Gasteiger partial charge on any atom is 0.125 e. The van der Waals surface area contributed by atoms with Gasteiger partial charge in [-0.15, -0.1) is 0 Å². The molecule has 1 rings (SSSR count). The molecule has 1 aromatic carbocycles. The smallest absolute Gasteiger partial charge is 0.125 e. The molecule has 0 fully saturated rings. The van der Waals surface area contributed by atoms with E-state index in [0.717, 1.165) is 0 Å². The highest BCUT2D eigenvalue weighted by atomic mass is 19.1. The number of benzene rings is 1. The molecule has 0 radical (unpaired) electrons. The van der Waals surface area contributed by atoms with Crippen LogP contribution in [0.2, 0.25) is 0 Å². The molecule has 0 saturated heterocycles. The van der Waals surface area contributed by atoms with Gasteiger partial charge < -0.3 is 10.4 Å². The summed E-state index contributed by atoms with van der Waals surface area (Å²) in [7, 11) is 0. The monoisotopic (exact) mass is 211 g/mol. The van der Waals surface area contributed by atoms with E-state index in [2.05, 4.69) is 5.32 Å². The van der Waals surface area contributed by atoms with Gasteiger partial charge in [0.1, 0.15) is 5.82 Å². The van der Waals surface area contributed by atoms with Crippen molar-refractivity contribution in [1.82, 2.24) is 0 Å². The number of anilines is 1. The molecule has 0 aliphatic rings. The molecule has 84 valence electrons. The Kier molecular flexibility index (Phi) is 3.69. The minimum Gasteiger partial charge on any atom is -0.394 e. The second-order valence-corrected chi connectivity index (χ2v) is 4.76. The minimum atomic E-state index is -0.273. The van der Waals surface area contributed by atoms with Gasteiger partial charge in [-0.1, -0.05) is 26.8 Å². The first-order chi connectivity index (χ1) is 6.93. The summed E-state index contributed by atoms with van der Waals surface area (Å²) in [5.74, 6) is -0.273. The van der Waals surface area contributed by atoms with E-state index in [1.807, 2.05) is 20.8 Å². The zero-order chi connectivity index (χ0) is 11.5. The Bertz CT molecular complexity index is 320. The Morgan fingerprint density at radius 1 is 1.40 bits per heavy atom. The maximum atomic E-state index is 12.9. The molecule has 2 nitrogen and oxygen atoms in total. The van der Waals surface area contributed by atoms with Crippen LogP contribution in [0.15, 0.2) is 24.3 Å². The predicted molar refractivity (Wildman–Crippen MR) is 60.4 cm³/mol. The molecule has 0 heterocycles. The van der Waals surface area contributed by atoms with Crippen LogP contribution in [0.3, 0.4) is 0 Å². The highest BCUT2D eigenvalue weighted by Gasteiger charge is 2.23. The van der Waals surface area contributed by atoms with Crippen LogP contribution in [0.25, 0.3) is 0 Å². The fourth-order valence-electron chi connectivity index (χ4n) is 1.32. The summed E-state index contributed by atoms with van der Waals surface area (Å²) in [6.07, 6.45) is 0. The van der Waals surface area contributed by atoms with Gasteiger partial charge in [0.15, 0.2) is 0 Å². The minimum absolute atomic E-state index is 0.0278.